The lowest BCUT2D eigenvalue weighted by molar-refractivity contribution is 0.0732. The summed E-state index contributed by atoms with van der Waals surface area (Å²) < 4.78 is 0. The van der Waals surface area contributed by atoms with E-state index in [-0.39, 0.29) is 12.3 Å². The Bertz CT molecular complexity index is 604. The van der Waals surface area contributed by atoms with Gasteiger partial charge in [-0.25, -0.2) is 4.98 Å². The molecule has 0 unspecified atom stereocenters. The fourth-order valence-electron chi connectivity index (χ4n) is 2.89. The molecule has 1 aromatic heterocycles. The van der Waals surface area contributed by atoms with E-state index in [2.05, 4.69) is 29.3 Å². The molecule has 0 bridgehead atoms. The van der Waals surface area contributed by atoms with Gasteiger partial charge < -0.3 is 4.84 Å². The topological polar surface area (TPSA) is 64.1 Å². The van der Waals surface area contributed by atoms with Crippen LogP contribution in [0.2, 0.25) is 0 Å². The summed E-state index contributed by atoms with van der Waals surface area (Å²) in [6.07, 6.45) is 4.94. The third kappa shape index (κ3) is 2.76. The van der Waals surface area contributed by atoms with E-state index in [4.69, 9.17) is 4.84 Å². The monoisotopic (exact) mass is 287 g/mol. The van der Waals surface area contributed by atoms with Crippen LogP contribution >= 0.6 is 0 Å². The van der Waals surface area contributed by atoms with E-state index in [0.717, 1.165) is 17.8 Å². The SMILES string of the molecule is CONCC(=O)c1cnc2c(n1)C(C1CC1)=C(C(C)C)C2. The molecule has 0 atom stereocenters. The van der Waals surface area contributed by atoms with Gasteiger partial charge in [0.1, 0.15) is 5.69 Å². The molecule has 0 amide bonds. The third-order valence-electron chi connectivity index (χ3n) is 4.15. The number of allylic oxidation sites excluding steroid dienone is 2. The number of fused-ring (bicyclic) bond motifs is 1. The second-order valence-corrected chi connectivity index (χ2v) is 6.04. The Hall–Kier alpha value is -1.59. The first kappa shape index (κ1) is 14.4. The van der Waals surface area contributed by atoms with Gasteiger partial charge in [-0.15, -0.1) is 0 Å². The maximum absolute atomic E-state index is 12.0. The van der Waals surface area contributed by atoms with Crippen LogP contribution in [0.5, 0.6) is 0 Å². The van der Waals surface area contributed by atoms with Crippen LogP contribution in [0.15, 0.2) is 11.8 Å². The number of nitrogens with one attached hydrogen (secondary N) is 1. The average Bonchev–Trinajstić information content (AvgIpc) is 3.23. The minimum atomic E-state index is -0.0970. The van der Waals surface area contributed by atoms with Crippen molar-refractivity contribution in [3.63, 3.8) is 0 Å². The molecule has 1 N–H and O–H groups in total. The van der Waals surface area contributed by atoms with Crippen LogP contribution in [0.1, 0.15) is 48.6 Å². The molecule has 5 nitrogen and oxygen atoms in total. The highest BCUT2D eigenvalue weighted by atomic mass is 16.6. The van der Waals surface area contributed by atoms with Gasteiger partial charge in [0.25, 0.3) is 0 Å². The molecule has 2 aliphatic rings. The minimum absolute atomic E-state index is 0.0970. The summed E-state index contributed by atoms with van der Waals surface area (Å²) in [6, 6.07) is 0. The Balaban J connectivity index is 1.93. The number of aromatic nitrogens is 2. The van der Waals surface area contributed by atoms with Crippen molar-refractivity contribution in [3.05, 3.63) is 28.9 Å². The number of Topliss-reactive ketones (excluding diaryl/α,β-unsaturated/α-hetero) is 1. The first-order valence-electron chi connectivity index (χ1n) is 7.50. The number of hydrogen-bond acceptors (Lipinski definition) is 5. The fourth-order valence-corrected chi connectivity index (χ4v) is 2.89. The van der Waals surface area contributed by atoms with E-state index in [9.17, 15) is 4.79 Å². The van der Waals surface area contributed by atoms with Crippen LogP contribution in [0.4, 0.5) is 0 Å². The molecule has 0 saturated heterocycles. The lowest BCUT2D eigenvalue weighted by Crippen LogP contribution is -2.23. The Kier molecular flexibility index (Phi) is 3.87. The van der Waals surface area contributed by atoms with Crippen molar-refractivity contribution in [2.75, 3.05) is 13.7 Å². The number of nitrogens with zero attached hydrogens (tertiary/aromatic N) is 2. The number of hydrogen-bond donors (Lipinski definition) is 1. The zero-order chi connectivity index (χ0) is 15.0. The second kappa shape index (κ2) is 5.66. The summed E-state index contributed by atoms with van der Waals surface area (Å²) in [7, 11) is 1.49. The van der Waals surface area contributed by atoms with Gasteiger partial charge >= 0.3 is 0 Å². The zero-order valence-corrected chi connectivity index (χ0v) is 12.8. The van der Waals surface area contributed by atoms with Gasteiger partial charge in [-0.1, -0.05) is 19.4 Å². The summed E-state index contributed by atoms with van der Waals surface area (Å²) in [5, 5.41) is 0. The summed E-state index contributed by atoms with van der Waals surface area (Å²) in [5.74, 6) is 1.03. The van der Waals surface area contributed by atoms with Gasteiger partial charge in [0, 0.05) is 6.42 Å². The molecule has 0 radical (unpaired) electrons. The van der Waals surface area contributed by atoms with E-state index in [0.29, 0.717) is 17.5 Å². The van der Waals surface area contributed by atoms with Crippen molar-refractivity contribution in [1.29, 1.82) is 0 Å². The third-order valence-corrected chi connectivity index (χ3v) is 4.15. The fraction of sp³-hybridized carbons (Fsp3) is 0.562. The summed E-state index contributed by atoms with van der Waals surface area (Å²) >= 11 is 0. The summed E-state index contributed by atoms with van der Waals surface area (Å²) in [4.78, 5) is 25.9. The molecule has 0 aliphatic heterocycles. The normalized spacial score (nSPS) is 17.5. The highest BCUT2D eigenvalue weighted by Crippen LogP contribution is 2.48. The Morgan fingerprint density at radius 2 is 2.24 bits per heavy atom. The molecule has 112 valence electrons. The van der Waals surface area contributed by atoms with Gasteiger partial charge in [0.15, 0.2) is 5.78 Å². The van der Waals surface area contributed by atoms with Crippen LogP contribution in [0.3, 0.4) is 0 Å². The van der Waals surface area contributed by atoms with Crippen molar-refractivity contribution in [1.82, 2.24) is 15.4 Å². The number of hydroxylamine groups is 1. The maximum atomic E-state index is 12.0. The molecule has 1 fully saturated rings. The van der Waals surface area contributed by atoms with Crippen molar-refractivity contribution in [2.24, 2.45) is 11.8 Å². The Morgan fingerprint density at radius 3 is 2.86 bits per heavy atom. The first-order chi connectivity index (χ1) is 10.1. The van der Waals surface area contributed by atoms with E-state index >= 15 is 0 Å². The lowest BCUT2D eigenvalue weighted by Gasteiger charge is -2.10. The summed E-state index contributed by atoms with van der Waals surface area (Å²) in [5.41, 5.74) is 7.78. The molecular weight excluding hydrogens is 266 g/mol. The van der Waals surface area contributed by atoms with Gasteiger partial charge in [-0.3, -0.25) is 9.78 Å². The lowest BCUT2D eigenvalue weighted by atomic mass is 9.96. The molecule has 1 heterocycles. The Morgan fingerprint density at radius 1 is 1.48 bits per heavy atom. The van der Waals surface area contributed by atoms with Crippen molar-refractivity contribution in [2.45, 2.75) is 33.1 Å². The molecule has 3 rings (SSSR count). The predicted molar refractivity (Wildman–Crippen MR) is 79.6 cm³/mol. The molecule has 21 heavy (non-hydrogen) atoms. The molecular formula is C16H21N3O2. The van der Waals surface area contributed by atoms with Crippen LogP contribution in [-0.2, 0) is 11.3 Å². The quantitative estimate of drug-likeness (QED) is 0.642. The highest BCUT2D eigenvalue weighted by molar-refractivity contribution is 5.96. The van der Waals surface area contributed by atoms with Gasteiger partial charge in [-0.2, -0.15) is 5.48 Å². The van der Waals surface area contributed by atoms with Crippen molar-refractivity contribution < 1.29 is 9.63 Å². The largest absolute Gasteiger partial charge is 0.305 e. The number of ketones is 1. The first-order valence-corrected chi connectivity index (χ1v) is 7.50. The van der Waals surface area contributed by atoms with Crippen molar-refractivity contribution in [3.8, 4) is 0 Å². The van der Waals surface area contributed by atoms with Crippen LogP contribution in [-0.4, -0.2) is 29.4 Å². The molecule has 2 aliphatic carbocycles. The van der Waals surface area contributed by atoms with E-state index in [1.54, 1.807) is 6.20 Å². The number of carbonyl (C=O) groups excluding carboxylic acids is 1. The number of carbonyl (C=O) groups is 1. The zero-order valence-electron chi connectivity index (χ0n) is 12.8. The van der Waals surface area contributed by atoms with Gasteiger partial charge in [0.2, 0.25) is 0 Å². The van der Waals surface area contributed by atoms with E-state index in [1.807, 2.05) is 0 Å². The predicted octanol–water partition coefficient (Wildman–Crippen LogP) is 2.19. The smallest absolute Gasteiger partial charge is 0.198 e. The maximum Gasteiger partial charge on any atom is 0.198 e. The van der Waals surface area contributed by atoms with Crippen LogP contribution in [0.25, 0.3) is 5.57 Å². The van der Waals surface area contributed by atoms with Crippen LogP contribution < -0.4 is 5.48 Å². The highest BCUT2D eigenvalue weighted by Gasteiger charge is 2.36. The van der Waals surface area contributed by atoms with E-state index in [1.165, 1.54) is 31.1 Å². The second-order valence-electron chi connectivity index (χ2n) is 6.04. The molecule has 5 heteroatoms. The van der Waals surface area contributed by atoms with E-state index < -0.39 is 0 Å². The minimum Gasteiger partial charge on any atom is -0.305 e. The van der Waals surface area contributed by atoms with Crippen molar-refractivity contribution >= 4 is 11.4 Å². The summed E-state index contributed by atoms with van der Waals surface area (Å²) in [6.45, 7) is 4.56. The average molecular weight is 287 g/mol. The molecule has 0 spiro atoms. The molecule has 0 aromatic carbocycles. The van der Waals surface area contributed by atoms with Gasteiger partial charge in [0.05, 0.1) is 31.2 Å². The van der Waals surface area contributed by atoms with Gasteiger partial charge in [-0.05, 0) is 30.3 Å². The standard InChI is InChI=1S/C16H21N3O2/c1-9(2)11-6-12-16(15(11)10-4-5-10)19-13(7-17-12)14(20)8-18-21-3/h7,9-10,18H,4-6,8H2,1-3H3. The molecule has 1 saturated carbocycles. The Labute approximate surface area is 124 Å². The van der Waals surface area contributed by atoms with Crippen LogP contribution in [0, 0.1) is 11.8 Å². The number of rotatable bonds is 6. The molecule has 1 aromatic rings.